The number of anilines is 2. The normalized spacial score (nSPS) is 15.5. The van der Waals surface area contributed by atoms with E-state index in [0.717, 1.165) is 28.2 Å². The van der Waals surface area contributed by atoms with Crippen molar-refractivity contribution in [1.82, 2.24) is 9.80 Å². The Labute approximate surface area is 325 Å². The SMILES string of the molecule is CCC(Oc1ccc(C(C)(C)CC)cc1C(C)(C)CC)C(=O)Nc1cccc(NC(=O)C(Cl)(C(=O)C(C)(C)C)N2CC(=O)N(Cc3ccccc3)C2=O)c1. The Bertz CT molecular complexity index is 1890. The van der Waals surface area contributed by atoms with Crippen LogP contribution in [-0.2, 0) is 36.6 Å². The molecule has 11 heteroatoms. The molecule has 0 saturated carbocycles. The molecule has 1 aliphatic heterocycles. The van der Waals surface area contributed by atoms with Crippen molar-refractivity contribution < 1.29 is 28.7 Å². The Kier molecular flexibility index (Phi) is 12.7. The van der Waals surface area contributed by atoms with E-state index in [2.05, 4.69) is 64.3 Å². The van der Waals surface area contributed by atoms with Gasteiger partial charge in [-0.2, -0.15) is 0 Å². The predicted octanol–water partition coefficient (Wildman–Crippen LogP) is 8.81. The minimum Gasteiger partial charge on any atom is -0.480 e. The maximum atomic E-state index is 14.1. The Hall–Kier alpha value is -4.70. The van der Waals surface area contributed by atoms with Gasteiger partial charge in [0.15, 0.2) is 11.9 Å². The fourth-order valence-corrected chi connectivity index (χ4v) is 6.58. The average molecular weight is 759 g/mol. The van der Waals surface area contributed by atoms with Gasteiger partial charge in [-0.15, -0.1) is 0 Å². The van der Waals surface area contributed by atoms with Crippen molar-refractivity contribution >= 4 is 52.5 Å². The van der Waals surface area contributed by atoms with Crippen LogP contribution in [0.4, 0.5) is 16.2 Å². The van der Waals surface area contributed by atoms with Gasteiger partial charge < -0.3 is 15.4 Å². The van der Waals surface area contributed by atoms with Crippen LogP contribution >= 0.6 is 11.6 Å². The summed E-state index contributed by atoms with van der Waals surface area (Å²) >= 11 is 6.95. The number of ketones is 1. The number of ether oxygens (including phenoxy) is 1. The molecule has 4 rings (SSSR count). The number of carbonyl (C=O) groups excluding carboxylic acids is 5. The molecule has 290 valence electrons. The number of hydrogen-bond donors (Lipinski definition) is 2. The number of imide groups is 1. The fourth-order valence-electron chi connectivity index (χ4n) is 6.11. The Morgan fingerprint density at radius 2 is 1.41 bits per heavy atom. The number of Topliss-reactive ketones (excluding diaryl/α,β-unsaturated/α-hetero) is 1. The summed E-state index contributed by atoms with van der Waals surface area (Å²) in [5, 5.41) is 5.56. The number of nitrogens with zero attached hydrogens (tertiary/aromatic N) is 2. The molecule has 10 nitrogen and oxygen atoms in total. The third-order valence-corrected chi connectivity index (χ3v) is 11.0. The van der Waals surface area contributed by atoms with Crippen LogP contribution in [0.3, 0.4) is 0 Å². The number of halogens is 1. The second-order valence-corrected chi connectivity index (χ2v) is 16.8. The van der Waals surface area contributed by atoms with Gasteiger partial charge in [-0.1, -0.05) is 129 Å². The first-order chi connectivity index (χ1) is 25.2. The molecule has 0 spiro atoms. The van der Waals surface area contributed by atoms with Crippen molar-refractivity contribution in [2.24, 2.45) is 5.41 Å². The van der Waals surface area contributed by atoms with Crippen molar-refractivity contribution in [3.05, 3.63) is 89.5 Å². The van der Waals surface area contributed by atoms with E-state index in [4.69, 9.17) is 16.3 Å². The predicted molar refractivity (Wildman–Crippen MR) is 214 cm³/mol. The molecule has 1 saturated heterocycles. The van der Waals surface area contributed by atoms with Gasteiger partial charge in [-0.05, 0) is 65.5 Å². The van der Waals surface area contributed by atoms with Crippen molar-refractivity contribution in [3.8, 4) is 5.75 Å². The van der Waals surface area contributed by atoms with Crippen molar-refractivity contribution in [3.63, 3.8) is 0 Å². The zero-order chi connectivity index (χ0) is 40.2. The Balaban J connectivity index is 1.57. The van der Waals surface area contributed by atoms with Crippen LogP contribution in [0.5, 0.6) is 5.75 Å². The summed E-state index contributed by atoms with van der Waals surface area (Å²) in [6.07, 6.45) is 1.42. The van der Waals surface area contributed by atoms with Crippen LogP contribution in [0.25, 0.3) is 0 Å². The molecular weight excluding hydrogens is 704 g/mol. The van der Waals surface area contributed by atoms with Gasteiger partial charge in [0.1, 0.15) is 12.3 Å². The molecule has 1 heterocycles. The zero-order valence-electron chi connectivity index (χ0n) is 33.3. The minimum atomic E-state index is -2.55. The molecule has 2 atom stereocenters. The maximum absolute atomic E-state index is 14.1. The van der Waals surface area contributed by atoms with Crippen LogP contribution in [0.15, 0.2) is 72.8 Å². The van der Waals surface area contributed by atoms with Gasteiger partial charge in [-0.3, -0.25) is 29.0 Å². The number of alkyl halides is 1. The Morgan fingerprint density at radius 1 is 0.796 bits per heavy atom. The van der Waals surface area contributed by atoms with E-state index < -0.39 is 46.7 Å². The molecule has 1 aliphatic rings. The Morgan fingerprint density at radius 3 is 1.98 bits per heavy atom. The molecule has 0 bridgehead atoms. The van der Waals surface area contributed by atoms with Gasteiger partial charge in [-0.25, -0.2) is 4.79 Å². The summed E-state index contributed by atoms with van der Waals surface area (Å²) in [5.74, 6) is -2.09. The summed E-state index contributed by atoms with van der Waals surface area (Å²) in [6, 6.07) is 20.6. The molecule has 0 aliphatic carbocycles. The monoisotopic (exact) mass is 758 g/mol. The number of amides is 5. The summed E-state index contributed by atoms with van der Waals surface area (Å²) < 4.78 is 6.43. The highest BCUT2D eigenvalue weighted by atomic mass is 35.5. The molecule has 3 aromatic rings. The lowest BCUT2D eigenvalue weighted by atomic mass is 9.76. The number of benzene rings is 3. The first-order valence-electron chi connectivity index (χ1n) is 18.6. The zero-order valence-corrected chi connectivity index (χ0v) is 34.0. The summed E-state index contributed by atoms with van der Waals surface area (Å²) in [5.41, 5.74) is 2.12. The average Bonchev–Trinajstić information content (AvgIpc) is 3.41. The third-order valence-electron chi connectivity index (χ3n) is 10.5. The first kappa shape index (κ1) is 42.0. The smallest absolute Gasteiger partial charge is 0.329 e. The van der Waals surface area contributed by atoms with E-state index in [9.17, 15) is 24.0 Å². The lowest BCUT2D eigenvalue weighted by molar-refractivity contribution is -0.139. The molecule has 3 aromatic carbocycles. The van der Waals surface area contributed by atoms with Gasteiger partial charge in [0.25, 0.3) is 22.7 Å². The second-order valence-electron chi connectivity index (χ2n) is 16.3. The van der Waals surface area contributed by atoms with Crippen LogP contribution < -0.4 is 15.4 Å². The quantitative estimate of drug-likeness (QED) is 0.0691. The van der Waals surface area contributed by atoms with E-state index in [0.29, 0.717) is 23.4 Å². The first-order valence-corrected chi connectivity index (χ1v) is 19.0. The van der Waals surface area contributed by atoms with E-state index in [1.807, 2.05) is 19.1 Å². The highest BCUT2D eigenvalue weighted by Crippen LogP contribution is 2.40. The largest absolute Gasteiger partial charge is 0.480 e. The van der Waals surface area contributed by atoms with Gasteiger partial charge in [0, 0.05) is 22.4 Å². The van der Waals surface area contributed by atoms with Crippen molar-refractivity contribution in [2.45, 2.75) is 117 Å². The molecule has 54 heavy (non-hydrogen) atoms. The number of hydrogen-bond acceptors (Lipinski definition) is 6. The lowest BCUT2D eigenvalue weighted by Gasteiger charge is -2.36. The lowest BCUT2D eigenvalue weighted by Crippen LogP contribution is -2.62. The molecule has 5 amide bonds. The van der Waals surface area contributed by atoms with E-state index in [-0.39, 0.29) is 29.0 Å². The number of urea groups is 1. The summed E-state index contributed by atoms with van der Waals surface area (Å²) in [7, 11) is 0. The summed E-state index contributed by atoms with van der Waals surface area (Å²) in [6.45, 7) is 19.1. The fraction of sp³-hybridized carbons (Fsp3) is 0.465. The summed E-state index contributed by atoms with van der Waals surface area (Å²) in [4.78, 5) is 67.7. The maximum Gasteiger partial charge on any atom is 0.329 e. The highest BCUT2D eigenvalue weighted by Gasteiger charge is 2.59. The second kappa shape index (κ2) is 16.3. The number of carbonyl (C=O) groups is 5. The van der Waals surface area contributed by atoms with Crippen molar-refractivity contribution in [1.29, 1.82) is 0 Å². The van der Waals surface area contributed by atoms with Gasteiger partial charge >= 0.3 is 6.03 Å². The van der Waals surface area contributed by atoms with E-state index in [1.165, 1.54) is 11.6 Å². The van der Waals surface area contributed by atoms with Gasteiger partial charge in [0.2, 0.25) is 0 Å². The van der Waals surface area contributed by atoms with Crippen molar-refractivity contribution in [2.75, 3.05) is 17.2 Å². The number of rotatable bonds is 15. The topological polar surface area (TPSA) is 125 Å². The van der Waals surface area contributed by atoms with Crippen LogP contribution in [0, 0.1) is 5.41 Å². The third kappa shape index (κ3) is 8.97. The molecular formula is C43H55ClN4O6. The molecule has 2 N–H and O–H groups in total. The van der Waals surface area contributed by atoms with Crippen LogP contribution in [0.2, 0.25) is 0 Å². The molecule has 0 radical (unpaired) electrons. The molecule has 1 fully saturated rings. The number of nitrogens with one attached hydrogen (secondary N) is 2. The molecule has 2 unspecified atom stereocenters. The van der Waals surface area contributed by atoms with Crippen LogP contribution in [0.1, 0.15) is 105 Å². The standard InChI is InChI=1S/C43H55ClN4O6/c1-11-33(54-34-23-22-29(41(7,8)12-2)24-32(34)42(9,10)13-3)36(50)45-30-20-17-21-31(25-30)46-38(52)43(44,37(51)40(4,5)6)48-27-35(49)47(39(48)53)26-28-18-15-14-16-19-28/h14-25,33H,11-13,26-27H2,1-10H3,(H,45,50)(H,46,52). The van der Waals surface area contributed by atoms with Gasteiger partial charge in [0.05, 0.1) is 6.54 Å². The van der Waals surface area contributed by atoms with E-state index >= 15 is 0 Å². The van der Waals surface area contributed by atoms with E-state index in [1.54, 1.807) is 63.2 Å². The highest BCUT2D eigenvalue weighted by molar-refractivity contribution is 6.49. The van der Waals surface area contributed by atoms with Crippen LogP contribution in [-0.4, -0.2) is 57.0 Å². The minimum absolute atomic E-state index is 0.0215. The molecule has 0 aromatic heterocycles.